The summed E-state index contributed by atoms with van der Waals surface area (Å²) in [5.74, 6) is -0.155. The molecule has 1 N–H and O–H groups in total. The van der Waals surface area contributed by atoms with E-state index in [0.717, 1.165) is 18.4 Å². The maximum absolute atomic E-state index is 13.0. The molecule has 3 aliphatic rings. The van der Waals surface area contributed by atoms with E-state index in [1.165, 1.54) is 11.8 Å². The van der Waals surface area contributed by atoms with Crippen LogP contribution in [0.25, 0.3) is 0 Å². The van der Waals surface area contributed by atoms with E-state index in [0.29, 0.717) is 37.8 Å². The molecule has 3 saturated heterocycles. The third-order valence-corrected chi connectivity index (χ3v) is 6.08. The summed E-state index contributed by atoms with van der Waals surface area (Å²) in [6, 6.07) is 7.48. The van der Waals surface area contributed by atoms with Crippen molar-refractivity contribution < 1.29 is 19.2 Å². The highest BCUT2D eigenvalue weighted by Gasteiger charge is 2.47. The number of benzene rings is 1. The minimum absolute atomic E-state index is 0.0546. The second-order valence-corrected chi connectivity index (χ2v) is 8.02. The van der Waals surface area contributed by atoms with E-state index in [4.69, 9.17) is 0 Å². The van der Waals surface area contributed by atoms with E-state index >= 15 is 0 Å². The van der Waals surface area contributed by atoms with Crippen LogP contribution in [0, 0.1) is 0 Å². The molecule has 4 amide bonds. The fourth-order valence-electron chi connectivity index (χ4n) is 4.94. The van der Waals surface area contributed by atoms with Gasteiger partial charge in [0, 0.05) is 43.6 Å². The average Bonchev–Trinajstić information content (AvgIpc) is 3.12. The fourth-order valence-corrected chi connectivity index (χ4v) is 4.94. The molecule has 1 aromatic rings. The van der Waals surface area contributed by atoms with Crippen LogP contribution in [0.5, 0.6) is 0 Å². The predicted molar refractivity (Wildman–Crippen MR) is 102 cm³/mol. The lowest BCUT2D eigenvalue weighted by atomic mass is 9.95. The van der Waals surface area contributed by atoms with Gasteiger partial charge in [0.15, 0.2) is 0 Å². The highest BCUT2D eigenvalue weighted by Crippen LogP contribution is 2.39. The number of hydrogen-bond donors (Lipinski definition) is 1. The summed E-state index contributed by atoms with van der Waals surface area (Å²) in [7, 11) is 0. The topological polar surface area (TPSA) is 86.8 Å². The van der Waals surface area contributed by atoms with Crippen LogP contribution in [0.15, 0.2) is 24.3 Å². The minimum Gasteiger partial charge on any atom is -0.336 e. The number of carbonyl (C=O) groups is 4. The summed E-state index contributed by atoms with van der Waals surface area (Å²) >= 11 is 0. The van der Waals surface area contributed by atoms with Crippen molar-refractivity contribution in [1.82, 2.24) is 9.80 Å². The van der Waals surface area contributed by atoms with E-state index in [2.05, 4.69) is 5.32 Å². The summed E-state index contributed by atoms with van der Waals surface area (Å²) in [4.78, 5) is 51.7. The van der Waals surface area contributed by atoms with Gasteiger partial charge in [-0.15, -0.1) is 0 Å². The van der Waals surface area contributed by atoms with E-state index in [9.17, 15) is 19.2 Å². The Hall–Kier alpha value is -2.70. The van der Waals surface area contributed by atoms with Crippen LogP contribution in [-0.4, -0.2) is 51.6 Å². The van der Waals surface area contributed by atoms with Crippen molar-refractivity contribution in [2.75, 3.05) is 5.32 Å². The van der Waals surface area contributed by atoms with E-state index in [1.54, 1.807) is 12.1 Å². The molecule has 28 heavy (non-hydrogen) atoms. The number of amides is 4. The molecule has 0 aliphatic carbocycles. The Morgan fingerprint density at radius 1 is 0.964 bits per heavy atom. The smallest absolute Gasteiger partial charge is 0.229 e. The third-order valence-electron chi connectivity index (χ3n) is 6.08. The first-order chi connectivity index (χ1) is 13.4. The molecule has 1 aromatic carbocycles. The van der Waals surface area contributed by atoms with Crippen molar-refractivity contribution in [2.24, 2.45) is 0 Å². The van der Waals surface area contributed by atoms with Crippen LogP contribution in [-0.2, 0) is 25.6 Å². The van der Waals surface area contributed by atoms with Crippen molar-refractivity contribution >= 4 is 29.3 Å². The summed E-state index contributed by atoms with van der Waals surface area (Å²) in [6.07, 6.45) is 4.22. The number of piperidine rings is 1. The van der Waals surface area contributed by atoms with Gasteiger partial charge in [-0.3, -0.25) is 24.1 Å². The first-order valence-electron chi connectivity index (χ1n) is 9.95. The van der Waals surface area contributed by atoms with Crippen LogP contribution in [0.3, 0.4) is 0 Å². The van der Waals surface area contributed by atoms with Crippen molar-refractivity contribution in [2.45, 2.75) is 70.0 Å². The molecule has 2 bridgehead atoms. The molecule has 148 valence electrons. The third kappa shape index (κ3) is 3.53. The molecule has 7 heteroatoms. The second-order valence-electron chi connectivity index (χ2n) is 8.02. The Morgan fingerprint density at radius 3 is 2.07 bits per heavy atom. The van der Waals surface area contributed by atoms with Crippen LogP contribution in [0.1, 0.15) is 51.0 Å². The summed E-state index contributed by atoms with van der Waals surface area (Å²) in [5, 5.41) is 2.72. The molecule has 3 fully saturated rings. The quantitative estimate of drug-likeness (QED) is 0.804. The monoisotopic (exact) mass is 383 g/mol. The molecule has 3 aliphatic heterocycles. The van der Waals surface area contributed by atoms with Gasteiger partial charge in [-0.25, -0.2) is 0 Å². The maximum Gasteiger partial charge on any atom is 0.229 e. The number of fused-ring (bicyclic) bond motifs is 2. The average molecular weight is 383 g/mol. The lowest BCUT2D eigenvalue weighted by Crippen LogP contribution is -2.54. The normalized spacial score (nSPS) is 26.7. The number of nitrogens with zero attached hydrogens (tertiary/aromatic N) is 2. The van der Waals surface area contributed by atoms with Gasteiger partial charge >= 0.3 is 0 Å². The van der Waals surface area contributed by atoms with Gasteiger partial charge in [0.1, 0.15) is 0 Å². The maximum atomic E-state index is 13.0. The number of hydrogen-bond acceptors (Lipinski definition) is 4. The van der Waals surface area contributed by atoms with Gasteiger partial charge in [0.05, 0.1) is 6.42 Å². The second kappa shape index (κ2) is 7.37. The molecule has 0 unspecified atom stereocenters. The van der Waals surface area contributed by atoms with E-state index in [-0.39, 0.29) is 41.8 Å². The van der Waals surface area contributed by atoms with Crippen LogP contribution >= 0.6 is 0 Å². The van der Waals surface area contributed by atoms with Crippen LogP contribution < -0.4 is 5.32 Å². The summed E-state index contributed by atoms with van der Waals surface area (Å²) in [6.45, 7) is 1.46. The van der Waals surface area contributed by atoms with Gasteiger partial charge in [-0.1, -0.05) is 12.1 Å². The lowest BCUT2D eigenvalue weighted by molar-refractivity contribution is -0.144. The summed E-state index contributed by atoms with van der Waals surface area (Å²) in [5.41, 5.74) is 1.62. The molecule has 2 atom stereocenters. The van der Waals surface area contributed by atoms with E-state index in [1.807, 2.05) is 17.0 Å². The van der Waals surface area contributed by atoms with Gasteiger partial charge < -0.3 is 10.2 Å². The van der Waals surface area contributed by atoms with Crippen molar-refractivity contribution in [1.29, 1.82) is 0 Å². The van der Waals surface area contributed by atoms with Gasteiger partial charge in [0.25, 0.3) is 0 Å². The molecule has 0 radical (unpaired) electrons. The molecular formula is C21H25N3O4. The van der Waals surface area contributed by atoms with Crippen molar-refractivity contribution in [3.05, 3.63) is 29.8 Å². The molecule has 0 spiro atoms. The fraction of sp³-hybridized carbons (Fsp3) is 0.524. The Balaban J connectivity index is 1.40. The molecule has 0 aromatic heterocycles. The minimum atomic E-state index is -0.127. The van der Waals surface area contributed by atoms with Gasteiger partial charge in [-0.2, -0.15) is 0 Å². The molecular weight excluding hydrogens is 358 g/mol. The zero-order valence-corrected chi connectivity index (χ0v) is 16.0. The predicted octanol–water partition coefficient (Wildman–Crippen LogP) is 1.86. The molecule has 3 heterocycles. The Labute approximate surface area is 164 Å². The van der Waals surface area contributed by atoms with Crippen LogP contribution in [0.4, 0.5) is 5.69 Å². The first-order valence-corrected chi connectivity index (χ1v) is 9.95. The zero-order valence-electron chi connectivity index (χ0n) is 16.0. The lowest BCUT2D eigenvalue weighted by Gasteiger charge is -2.41. The molecule has 4 rings (SSSR count). The van der Waals surface area contributed by atoms with Crippen molar-refractivity contribution in [3.8, 4) is 0 Å². The molecule has 0 saturated carbocycles. The number of rotatable bonds is 4. The SMILES string of the molecule is CC(=O)Nc1ccc(CC(=O)N2[C@H]3CC[C@H]2CC(N2C(=O)CCC2=O)C3)cc1. The Morgan fingerprint density at radius 2 is 1.54 bits per heavy atom. The first kappa shape index (κ1) is 18.7. The van der Waals surface area contributed by atoms with Gasteiger partial charge in [0.2, 0.25) is 23.6 Å². The molecule has 7 nitrogen and oxygen atoms in total. The van der Waals surface area contributed by atoms with Crippen molar-refractivity contribution in [3.63, 3.8) is 0 Å². The van der Waals surface area contributed by atoms with Gasteiger partial charge in [-0.05, 0) is 43.4 Å². The number of anilines is 1. The Bertz CT molecular complexity index is 789. The van der Waals surface area contributed by atoms with Crippen LogP contribution in [0.2, 0.25) is 0 Å². The number of nitrogens with one attached hydrogen (secondary N) is 1. The highest BCUT2D eigenvalue weighted by atomic mass is 16.2. The Kier molecular flexibility index (Phi) is 4.91. The number of imide groups is 1. The largest absolute Gasteiger partial charge is 0.336 e. The summed E-state index contributed by atoms with van der Waals surface area (Å²) < 4.78 is 0. The van der Waals surface area contributed by atoms with E-state index < -0.39 is 0 Å². The number of carbonyl (C=O) groups excluding carboxylic acids is 4. The zero-order chi connectivity index (χ0) is 19.8. The number of likely N-dealkylation sites (tertiary alicyclic amines) is 1. The highest BCUT2D eigenvalue weighted by molar-refractivity contribution is 6.02. The standard InChI is InChI=1S/C21H25N3O4/c1-13(25)22-15-4-2-14(3-5-15)10-21(28)23-16-6-7-17(23)12-18(11-16)24-19(26)8-9-20(24)27/h2-5,16-18H,6-12H2,1H3,(H,22,25)/t16-,17-/m0/s1.